The third-order valence-corrected chi connectivity index (χ3v) is 4.27. The molecule has 21 heavy (non-hydrogen) atoms. The summed E-state index contributed by atoms with van der Waals surface area (Å²) in [6.45, 7) is 4.61. The van der Waals surface area contributed by atoms with Crippen molar-refractivity contribution in [2.75, 3.05) is 39.2 Å². The molecule has 0 aromatic carbocycles. The van der Waals surface area contributed by atoms with Gasteiger partial charge < -0.3 is 10.2 Å². The van der Waals surface area contributed by atoms with Crippen molar-refractivity contribution in [3.8, 4) is 0 Å². The van der Waals surface area contributed by atoms with Crippen LogP contribution >= 0.6 is 11.8 Å². The molecule has 0 aliphatic carbocycles. The third-order valence-electron chi connectivity index (χ3n) is 3.58. The van der Waals surface area contributed by atoms with E-state index in [1.54, 1.807) is 14.1 Å². The van der Waals surface area contributed by atoms with Gasteiger partial charge in [0.1, 0.15) is 0 Å². The Balaban J connectivity index is 1.85. The predicted molar refractivity (Wildman–Crippen MR) is 86.4 cm³/mol. The molecule has 1 aromatic rings. The van der Waals surface area contributed by atoms with Gasteiger partial charge in [-0.3, -0.25) is 9.58 Å². The van der Waals surface area contributed by atoms with E-state index >= 15 is 0 Å². The van der Waals surface area contributed by atoms with Crippen molar-refractivity contribution in [3.05, 3.63) is 17.5 Å². The van der Waals surface area contributed by atoms with Gasteiger partial charge in [-0.25, -0.2) is 4.79 Å². The van der Waals surface area contributed by atoms with E-state index in [1.165, 1.54) is 22.8 Å². The molecule has 2 amide bonds. The van der Waals surface area contributed by atoms with Crippen LogP contribution in [0.1, 0.15) is 17.8 Å². The molecule has 0 saturated carbocycles. The molecule has 0 spiro atoms. The first-order chi connectivity index (χ1) is 10.1. The Labute approximate surface area is 130 Å². The largest absolute Gasteiger partial charge is 0.332 e. The van der Waals surface area contributed by atoms with Crippen molar-refractivity contribution in [2.45, 2.75) is 26.1 Å². The van der Waals surface area contributed by atoms with Gasteiger partial charge in [0.25, 0.3) is 0 Å². The fourth-order valence-electron chi connectivity index (χ4n) is 2.41. The van der Waals surface area contributed by atoms with Crippen molar-refractivity contribution in [2.24, 2.45) is 0 Å². The highest BCUT2D eigenvalue weighted by atomic mass is 32.2. The number of nitrogens with one attached hydrogen (secondary N) is 1. The Bertz CT molecular complexity index is 474. The molecule has 0 bridgehead atoms. The highest BCUT2D eigenvalue weighted by Crippen LogP contribution is 2.14. The molecule has 1 N–H and O–H groups in total. The van der Waals surface area contributed by atoms with Crippen molar-refractivity contribution in [3.63, 3.8) is 0 Å². The molecular weight excluding hydrogens is 286 g/mol. The van der Waals surface area contributed by atoms with E-state index in [4.69, 9.17) is 0 Å². The lowest BCUT2D eigenvalue weighted by molar-refractivity contribution is 0.213. The maximum atomic E-state index is 11.5. The van der Waals surface area contributed by atoms with Gasteiger partial charge in [-0.2, -0.15) is 16.9 Å². The van der Waals surface area contributed by atoms with Gasteiger partial charge in [0.05, 0.1) is 24.5 Å². The molecule has 2 rings (SSSR count). The van der Waals surface area contributed by atoms with Crippen LogP contribution in [0.15, 0.2) is 6.07 Å². The molecule has 6 nitrogen and oxygen atoms in total. The quantitative estimate of drug-likeness (QED) is 0.803. The number of carbonyl (C=O) groups excluding carboxylic acids is 1. The summed E-state index contributed by atoms with van der Waals surface area (Å²) in [5.74, 6) is 1.22. The zero-order valence-electron chi connectivity index (χ0n) is 13.1. The molecule has 0 unspecified atom stereocenters. The number of rotatable bonds is 6. The Hall–Kier alpha value is -1.21. The van der Waals surface area contributed by atoms with Crippen LogP contribution in [0.25, 0.3) is 0 Å². The number of hydrogen-bond acceptors (Lipinski definition) is 4. The van der Waals surface area contributed by atoms with Gasteiger partial charge in [-0.05, 0) is 31.0 Å². The smallest absolute Gasteiger partial charge is 0.317 e. The standard InChI is InChI=1S/C14H25N5OS/c1-17(2)14(20)15-10-12-9-13-11-18(5-4-8-21-3)6-7-19(13)16-12/h9H,4-8,10-11H2,1-3H3,(H,15,20). The van der Waals surface area contributed by atoms with E-state index in [0.717, 1.165) is 31.9 Å². The van der Waals surface area contributed by atoms with E-state index in [1.807, 2.05) is 11.8 Å². The number of amides is 2. The van der Waals surface area contributed by atoms with E-state index in [2.05, 4.69) is 32.3 Å². The number of hydrogen-bond donors (Lipinski definition) is 1. The summed E-state index contributed by atoms with van der Waals surface area (Å²) < 4.78 is 2.07. The minimum absolute atomic E-state index is 0.0836. The van der Waals surface area contributed by atoms with Crippen molar-refractivity contribution in [1.82, 2.24) is 24.9 Å². The summed E-state index contributed by atoms with van der Waals surface area (Å²) in [5.41, 5.74) is 2.19. The molecule has 118 valence electrons. The number of aromatic nitrogens is 2. The molecule has 7 heteroatoms. The maximum absolute atomic E-state index is 11.5. The lowest BCUT2D eigenvalue weighted by atomic mass is 10.2. The van der Waals surface area contributed by atoms with Gasteiger partial charge in [0.15, 0.2) is 0 Å². The van der Waals surface area contributed by atoms with Gasteiger partial charge in [0, 0.05) is 27.2 Å². The molecule has 0 saturated heterocycles. The van der Waals surface area contributed by atoms with Crippen molar-refractivity contribution >= 4 is 17.8 Å². The lowest BCUT2D eigenvalue weighted by Gasteiger charge is -2.27. The van der Waals surface area contributed by atoms with Crippen LogP contribution in [0.3, 0.4) is 0 Å². The summed E-state index contributed by atoms with van der Waals surface area (Å²) >= 11 is 1.90. The van der Waals surface area contributed by atoms with Crippen LogP contribution in [0.4, 0.5) is 4.79 Å². The Kier molecular flexibility index (Phi) is 5.93. The monoisotopic (exact) mass is 311 g/mol. The first-order valence-electron chi connectivity index (χ1n) is 7.32. The molecule has 2 heterocycles. The number of fused-ring (bicyclic) bond motifs is 1. The van der Waals surface area contributed by atoms with E-state index in [0.29, 0.717) is 6.54 Å². The van der Waals surface area contributed by atoms with Crippen LogP contribution in [-0.2, 0) is 19.6 Å². The zero-order valence-corrected chi connectivity index (χ0v) is 13.9. The SMILES string of the molecule is CSCCCN1CCn2nc(CNC(=O)N(C)C)cc2C1. The van der Waals surface area contributed by atoms with E-state index < -0.39 is 0 Å². The second-order valence-corrected chi connectivity index (χ2v) is 6.51. The van der Waals surface area contributed by atoms with Crippen LogP contribution in [-0.4, -0.2) is 64.8 Å². The van der Waals surface area contributed by atoms with Crippen molar-refractivity contribution < 1.29 is 4.79 Å². The van der Waals surface area contributed by atoms with Gasteiger partial charge >= 0.3 is 6.03 Å². The highest BCUT2D eigenvalue weighted by Gasteiger charge is 2.18. The van der Waals surface area contributed by atoms with Gasteiger partial charge in [0.2, 0.25) is 0 Å². The van der Waals surface area contributed by atoms with E-state index in [-0.39, 0.29) is 6.03 Å². The Morgan fingerprint density at radius 3 is 3.00 bits per heavy atom. The average molecular weight is 311 g/mol. The minimum Gasteiger partial charge on any atom is -0.332 e. The maximum Gasteiger partial charge on any atom is 0.317 e. The number of thioether (sulfide) groups is 1. The molecule has 1 aliphatic heterocycles. The van der Waals surface area contributed by atoms with E-state index in [9.17, 15) is 4.79 Å². The molecule has 0 radical (unpaired) electrons. The Morgan fingerprint density at radius 2 is 2.29 bits per heavy atom. The second-order valence-electron chi connectivity index (χ2n) is 5.53. The number of urea groups is 1. The van der Waals surface area contributed by atoms with Crippen LogP contribution < -0.4 is 5.32 Å². The first kappa shape index (κ1) is 16.2. The second kappa shape index (κ2) is 7.70. The summed E-state index contributed by atoms with van der Waals surface area (Å²) in [6, 6.07) is 2.02. The third kappa shape index (κ3) is 4.64. The average Bonchev–Trinajstić information content (AvgIpc) is 2.87. The molecule has 1 aliphatic rings. The normalized spacial score (nSPS) is 14.8. The highest BCUT2D eigenvalue weighted by molar-refractivity contribution is 7.98. The molecular formula is C14H25N5OS. The topological polar surface area (TPSA) is 53.4 Å². The molecule has 0 atom stereocenters. The number of nitrogens with zero attached hydrogens (tertiary/aromatic N) is 4. The van der Waals surface area contributed by atoms with Crippen LogP contribution in [0, 0.1) is 0 Å². The predicted octanol–water partition coefficient (Wildman–Crippen LogP) is 1.22. The molecule has 0 fully saturated rings. The van der Waals surface area contributed by atoms with Gasteiger partial charge in [-0.15, -0.1) is 0 Å². The summed E-state index contributed by atoms with van der Waals surface area (Å²) in [4.78, 5) is 15.5. The summed E-state index contributed by atoms with van der Waals surface area (Å²) in [6.07, 6.45) is 3.39. The van der Waals surface area contributed by atoms with Gasteiger partial charge in [-0.1, -0.05) is 0 Å². The lowest BCUT2D eigenvalue weighted by Crippen LogP contribution is -2.34. The Morgan fingerprint density at radius 1 is 1.48 bits per heavy atom. The van der Waals surface area contributed by atoms with Crippen LogP contribution in [0.2, 0.25) is 0 Å². The first-order valence-corrected chi connectivity index (χ1v) is 8.71. The van der Waals surface area contributed by atoms with Crippen LogP contribution in [0.5, 0.6) is 0 Å². The summed E-state index contributed by atoms with van der Waals surface area (Å²) in [5, 5.41) is 7.42. The molecule has 1 aromatic heterocycles. The van der Waals surface area contributed by atoms with Crippen molar-refractivity contribution in [1.29, 1.82) is 0 Å². The number of carbonyl (C=O) groups is 1. The fourth-order valence-corrected chi connectivity index (χ4v) is 2.83. The zero-order chi connectivity index (χ0) is 15.2. The summed E-state index contributed by atoms with van der Waals surface area (Å²) in [7, 11) is 3.47. The minimum atomic E-state index is -0.0836. The fraction of sp³-hybridized carbons (Fsp3) is 0.714.